The normalized spacial score (nSPS) is 17.0. The number of benzene rings is 2. The lowest BCUT2D eigenvalue weighted by molar-refractivity contribution is -0.0483. The van der Waals surface area contributed by atoms with Gasteiger partial charge in [-0.15, -0.1) is 0 Å². The molecule has 0 aromatic heterocycles. The van der Waals surface area contributed by atoms with Crippen LogP contribution in [0.25, 0.3) is 10.8 Å². The van der Waals surface area contributed by atoms with Crippen LogP contribution in [0.1, 0.15) is 25.8 Å². The third kappa shape index (κ3) is 4.73. The van der Waals surface area contributed by atoms with Crippen molar-refractivity contribution in [3.8, 4) is 0 Å². The van der Waals surface area contributed by atoms with E-state index in [2.05, 4.69) is 30.3 Å². The Bertz CT molecular complexity index is 747. The number of fused-ring (bicyclic) bond motifs is 1. The van der Waals surface area contributed by atoms with Crippen LogP contribution in [0.2, 0.25) is 0 Å². The van der Waals surface area contributed by atoms with Crippen molar-refractivity contribution in [1.29, 1.82) is 0 Å². The minimum absolute atomic E-state index is 0.313. The predicted molar refractivity (Wildman–Crippen MR) is 103 cm³/mol. The molecule has 0 spiro atoms. The van der Waals surface area contributed by atoms with Gasteiger partial charge in [-0.05, 0) is 36.6 Å². The summed E-state index contributed by atoms with van der Waals surface area (Å²) in [6.07, 6.45) is 0.727. The third-order valence-electron chi connectivity index (χ3n) is 4.51. The molecule has 1 aliphatic heterocycles. The van der Waals surface area contributed by atoms with Crippen LogP contribution in [0, 0.1) is 0 Å². The maximum atomic E-state index is 13.4. The van der Waals surface area contributed by atoms with Crippen molar-refractivity contribution in [2.24, 2.45) is 0 Å². The Morgan fingerprint density at radius 1 is 1.04 bits per heavy atom. The molecule has 1 heterocycles. The summed E-state index contributed by atoms with van der Waals surface area (Å²) < 4.78 is 35.8. The third-order valence-corrected chi connectivity index (χ3v) is 7.03. The van der Waals surface area contributed by atoms with Crippen molar-refractivity contribution in [2.75, 3.05) is 26.4 Å². The van der Waals surface area contributed by atoms with Gasteiger partial charge in [-0.3, -0.25) is 4.57 Å². The first-order valence-electron chi connectivity index (χ1n) is 9.24. The minimum atomic E-state index is -3.27. The highest BCUT2D eigenvalue weighted by Gasteiger charge is 2.38. The van der Waals surface area contributed by atoms with E-state index in [0.717, 1.165) is 5.56 Å². The first-order valence-corrected chi connectivity index (χ1v) is 10.9. The molecule has 6 heteroatoms. The van der Waals surface area contributed by atoms with Gasteiger partial charge in [0.05, 0.1) is 32.1 Å². The topological polar surface area (TPSA) is 54.0 Å². The second kappa shape index (κ2) is 9.12. The summed E-state index contributed by atoms with van der Waals surface area (Å²) in [4.78, 5) is 0. The summed E-state index contributed by atoms with van der Waals surface area (Å²) >= 11 is 0. The van der Waals surface area contributed by atoms with Crippen molar-refractivity contribution in [2.45, 2.75) is 38.6 Å². The molecule has 0 bridgehead atoms. The van der Waals surface area contributed by atoms with Crippen molar-refractivity contribution in [3.05, 3.63) is 48.0 Å². The number of ether oxygens (including phenoxy) is 2. The van der Waals surface area contributed by atoms with Gasteiger partial charge >= 0.3 is 7.60 Å². The van der Waals surface area contributed by atoms with Crippen LogP contribution in [0.15, 0.2) is 42.5 Å². The van der Waals surface area contributed by atoms with E-state index in [-0.39, 0.29) is 11.9 Å². The summed E-state index contributed by atoms with van der Waals surface area (Å²) in [6, 6.07) is 14.5. The number of hydrogen-bond acceptors (Lipinski definition) is 5. The quantitative estimate of drug-likeness (QED) is 0.588. The van der Waals surface area contributed by atoms with E-state index in [1.54, 1.807) is 0 Å². The van der Waals surface area contributed by atoms with Gasteiger partial charge in [0.1, 0.15) is 0 Å². The second-order valence-electron chi connectivity index (χ2n) is 6.32. The number of rotatable bonds is 9. The summed E-state index contributed by atoms with van der Waals surface area (Å²) in [5.41, 5.74) is 0.790. The van der Waals surface area contributed by atoms with Gasteiger partial charge in [0.25, 0.3) is 0 Å². The molecule has 0 N–H and O–H groups in total. The Kier molecular flexibility index (Phi) is 6.85. The molecule has 142 valence electrons. The summed E-state index contributed by atoms with van der Waals surface area (Å²) in [5, 5.41) is 2.35. The van der Waals surface area contributed by atoms with Crippen LogP contribution in [0.4, 0.5) is 0 Å². The Morgan fingerprint density at radius 3 is 2.35 bits per heavy atom. The second-order valence-corrected chi connectivity index (χ2v) is 8.65. The van der Waals surface area contributed by atoms with Gasteiger partial charge < -0.3 is 18.5 Å². The molecule has 0 amide bonds. The number of hydrogen-bond donors (Lipinski definition) is 0. The van der Waals surface area contributed by atoms with Gasteiger partial charge in [0.2, 0.25) is 0 Å². The minimum Gasteiger partial charge on any atom is -0.350 e. The van der Waals surface area contributed by atoms with E-state index in [4.69, 9.17) is 18.5 Å². The standard InChI is InChI=1S/C20H27O5P/c1-3-24-26(21,25-4-2)19(15-20-22-11-12-23-20)14-16-9-10-17-7-5-6-8-18(17)13-16/h5-10,13,19-20H,3-4,11-12,14-15H2,1-2H3. The predicted octanol–water partition coefficient (Wildman–Crippen LogP) is 4.78. The van der Waals surface area contributed by atoms with E-state index < -0.39 is 7.60 Å². The molecule has 2 aromatic carbocycles. The van der Waals surface area contributed by atoms with Gasteiger partial charge in [0.15, 0.2) is 6.29 Å². The molecule has 1 saturated heterocycles. The first-order chi connectivity index (χ1) is 12.6. The fraction of sp³-hybridized carbons (Fsp3) is 0.500. The average Bonchev–Trinajstić information content (AvgIpc) is 3.15. The fourth-order valence-electron chi connectivity index (χ4n) is 3.34. The molecule has 5 nitrogen and oxygen atoms in total. The van der Waals surface area contributed by atoms with Crippen molar-refractivity contribution in [3.63, 3.8) is 0 Å². The van der Waals surface area contributed by atoms with Gasteiger partial charge in [0, 0.05) is 6.42 Å². The van der Waals surface area contributed by atoms with Crippen molar-refractivity contribution >= 4 is 18.4 Å². The van der Waals surface area contributed by atoms with E-state index in [1.165, 1.54) is 10.8 Å². The van der Waals surface area contributed by atoms with E-state index in [1.807, 2.05) is 26.0 Å². The zero-order valence-electron chi connectivity index (χ0n) is 15.4. The van der Waals surface area contributed by atoms with Crippen LogP contribution in [0.3, 0.4) is 0 Å². The lowest BCUT2D eigenvalue weighted by Crippen LogP contribution is -2.23. The van der Waals surface area contributed by atoms with Gasteiger partial charge in [-0.2, -0.15) is 0 Å². The highest BCUT2D eigenvalue weighted by atomic mass is 31.2. The summed E-state index contributed by atoms with van der Waals surface area (Å²) in [6.45, 7) is 5.50. The van der Waals surface area contributed by atoms with Crippen LogP contribution >= 0.6 is 7.60 Å². The fourth-order valence-corrected chi connectivity index (χ4v) is 5.42. The molecule has 0 radical (unpaired) electrons. The van der Waals surface area contributed by atoms with Gasteiger partial charge in [-0.1, -0.05) is 42.5 Å². The molecule has 1 fully saturated rings. The smallest absolute Gasteiger partial charge is 0.334 e. The molecular formula is C20H27O5P. The SMILES string of the molecule is CCOP(=O)(OCC)C(Cc1ccc2ccccc2c1)CC1OCCO1. The monoisotopic (exact) mass is 378 g/mol. The Labute approximate surface area is 155 Å². The van der Waals surface area contributed by atoms with Crippen LogP contribution in [0.5, 0.6) is 0 Å². The highest BCUT2D eigenvalue weighted by Crippen LogP contribution is 2.55. The molecule has 0 aliphatic carbocycles. The Balaban J connectivity index is 1.86. The van der Waals surface area contributed by atoms with Crippen LogP contribution < -0.4 is 0 Å². The van der Waals surface area contributed by atoms with Crippen LogP contribution in [-0.4, -0.2) is 38.4 Å². The zero-order chi connectivity index (χ0) is 18.4. The molecule has 1 aliphatic rings. The van der Waals surface area contributed by atoms with E-state index >= 15 is 0 Å². The van der Waals surface area contributed by atoms with E-state index in [0.29, 0.717) is 39.3 Å². The largest absolute Gasteiger partial charge is 0.350 e. The van der Waals surface area contributed by atoms with Crippen LogP contribution in [-0.2, 0) is 29.5 Å². The first kappa shape index (κ1) is 19.5. The molecule has 26 heavy (non-hydrogen) atoms. The lowest BCUT2D eigenvalue weighted by Gasteiger charge is -2.28. The van der Waals surface area contributed by atoms with Crippen molar-refractivity contribution in [1.82, 2.24) is 0 Å². The average molecular weight is 378 g/mol. The van der Waals surface area contributed by atoms with E-state index in [9.17, 15) is 4.57 Å². The molecular weight excluding hydrogens is 351 g/mol. The summed E-state index contributed by atoms with van der Waals surface area (Å²) in [7, 11) is -3.27. The molecule has 2 aromatic rings. The maximum Gasteiger partial charge on any atom is 0.334 e. The molecule has 1 atom stereocenters. The molecule has 0 saturated carbocycles. The van der Waals surface area contributed by atoms with Crippen molar-refractivity contribution < 1.29 is 23.1 Å². The Morgan fingerprint density at radius 2 is 1.69 bits per heavy atom. The maximum absolute atomic E-state index is 13.4. The zero-order valence-corrected chi connectivity index (χ0v) is 16.3. The lowest BCUT2D eigenvalue weighted by atomic mass is 10.0. The molecule has 3 rings (SSSR count). The van der Waals surface area contributed by atoms with Gasteiger partial charge in [-0.25, -0.2) is 0 Å². The molecule has 1 unspecified atom stereocenters. The summed E-state index contributed by atoms with van der Waals surface area (Å²) in [5.74, 6) is 0. The Hall–Kier alpha value is -1.23. The highest BCUT2D eigenvalue weighted by molar-refractivity contribution is 7.54.